The number of hydrogen-bond donors (Lipinski definition) is 1. The Kier molecular flexibility index (Phi) is 5.19. The quantitative estimate of drug-likeness (QED) is 0.857. The molecule has 1 aromatic heterocycles. The lowest BCUT2D eigenvalue weighted by atomic mass is 9.87. The summed E-state index contributed by atoms with van der Waals surface area (Å²) in [5.41, 5.74) is 2.01. The zero-order valence-electron chi connectivity index (χ0n) is 12.3. The van der Waals surface area contributed by atoms with Gasteiger partial charge in [-0.1, -0.05) is 0 Å². The fourth-order valence-electron chi connectivity index (χ4n) is 3.29. The minimum Gasteiger partial charge on any atom is -0.465 e. The number of pyridine rings is 1. The molecule has 2 aliphatic heterocycles. The molecular weight excluding hydrogens is 290 g/mol. The monoisotopic (exact) mass is 311 g/mol. The van der Waals surface area contributed by atoms with Crippen LogP contribution >= 0.6 is 12.4 Å². The first-order chi connectivity index (χ1) is 9.71. The Balaban J connectivity index is 0.00000161. The van der Waals surface area contributed by atoms with Crippen LogP contribution in [0.3, 0.4) is 0 Å². The van der Waals surface area contributed by atoms with E-state index in [1.165, 1.54) is 20.0 Å². The van der Waals surface area contributed by atoms with Gasteiger partial charge in [0.05, 0.1) is 18.4 Å². The highest BCUT2D eigenvalue weighted by Crippen LogP contribution is 2.36. The zero-order chi connectivity index (χ0) is 14.0. The van der Waals surface area contributed by atoms with Crippen LogP contribution in [0.5, 0.6) is 0 Å². The number of likely N-dealkylation sites (tertiary alicyclic amines) is 1. The van der Waals surface area contributed by atoms with Gasteiger partial charge >= 0.3 is 5.97 Å². The van der Waals surface area contributed by atoms with Crippen molar-refractivity contribution in [2.45, 2.75) is 19.4 Å². The van der Waals surface area contributed by atoms with Gasteiger partial charge in [0.25, 0.3) is 0 Å². The summed E-state index contributed by atoms with van der Waals surface area (Å²) in [7, 11) is 1.38. The van der Waals surface area contributed by atoms with Crippen LogP contribution < -0.4 is 5.32 Å². The number of aromatic nitrogens is 1. The zero-order valence-corrected chi connectivity index (χ0v) is 13.1. The van der Waals surface area contributed by atoms with E-state index in [1.807, 2.05) is 6.07 Å². The minimum atomic E-state index is -0.332. The van der Waals surface area contributed by atoms with Gasteiger partial charge in [-0.3, -0.25) is 9.88 Å². The van der Waals surface area contributed by atoms with E-state index in [0.29, 0.717) is 11.0 Å². The molecule has 3 rings (SSSR count). The van der Waals surface area contributed by atoms with Gasteiger partial charge < -0.3 is 10.1 Å². The average Bonchev–Trinajstić information content (AvgIpc) is 3.09. The van der Waals surface area contributed by atoms with Crippen LogP contribution in [0.1, 0.15) is 28.9 Å². The van der Waals surface area contributed by atoms with E-state index >= 15 is 0 Å². The van der Waals surface area contributed by atoms with Crippen LogP contribution in [0.15, 0.2) is 18.3 Å². The van der Waals surface area contributed by atoms with Crippen LogP contribution in [0.2, 0.25) is 0 Å². The Hall–Kier alpha value is -1.17. The Morgan fingerprint density at radius 3 is 2.95 bits per heavy atom. The Bertz CT molecular complexity index is 486. The average molecular weight is 312 g/mol. The molecule has 2 fully saturated rings. The lowest BCUT2D eigenvalue weighted by molar-refractivity contribution is 0.0600. The van der Waals surface area contributed by atoms with Gasteiger partial charge in [0.1, 0.15) is 0 Å². The van der Waals surface area contributed by atoms with Crippen molar-refractivity contribution in [3.05, 3.63) is 29.6 Å². The molecule has 5 nitrogen and oxygen atoms in total. The summed E-state index contributed by atoms with van der Waals surface area (Å²) >= 11 is 0. The predicted molar refractivity (Wildman–Crippen MR) is 82.6 cm³/mol. The van der Waals surface area contributed by atoms with Gasteiger partial charge in [0.2, 0.25) is 0 Å². The highest BCUT2D eigenvalue weighted by molar-refractivity contribution is 5.88. The molecule has 6 heteroatoms. The molecule has 0 bridgehead atoms. The van der Waals surface area contributed by atoms with Crippen LogP contribution in [0.4, 0.5) is 0 Å². The van der Waals surface area contributed by atoms with E-state index in [4.69, 9.17) is 0 Å². The van der Waals surface area contributed by atoms with Gasteiger partial charge in [-0.2, -0.15) is 0 Å². The second kappa shape index (κ2) is 6.73. The Morgan fingerprint density at radius 1 is 1.48 bits per heavy atom. The molecule has 0 aromatic carbocycles. The van der Waals surface area contributed by atoms with Gasteiger partial charge in [-0.25, -0.2) is 4.79 Å². The number of rotatable bonds is 3. The smallest absolute Gasteiger partial charge is 0.339 e. The Labute approximate surface area is 131 Å². The molecule has 0 amide bonds. The topological polar surface area (TPSA) is 54.5 Å². The number of ether oxygens (including phenoxy) is 1. The van der Waals surface area contributed by atoms with Crippen molar-refractivity contribution < 1.29 is 9.53 Å². The number of nitrogens with zero attached hydrogens (tertiary/aromatic N) is 2. The third kappa shape index (κ3) is 3.54. The predicted octanol–water partition coefficient (Wildman–Crippen LogP) is 1.48. The molecule has 3 heterocycles. The molecule has 1 aromatic rings. The number of hydrogen-bond acceptors (Lipinski definition) is 5. The molecule has 1 spiro atoms. The fraction of sp³-hybridized carbons (Fsp3) is 0.600. The largest absolute Gasteiger partial charge is 0.465 e. The van der Waals surface area contributed by atoms with Crippen molar-refractivity contribution in [3.8, 4) is 0 Å². The summed E-state index contributed by atoms with van der Waals surface area (Å²) in [5.74, 6) is -0.332. The van der Waals surface area contributed by atoms with Crippen molar-refractivity contribution in [2.75, 3.05) is 33.3 Å². The lowest BCUT2D eigenvalue weighted by Gasteiger charge is -2.22. The molecule has 2 saturated heterocycles. The second-order valence-electron chi connectivity index (χ2n) is 5.92. The maximum absolute atomic E-state index is 11.4. The van der Waals surface area contributed by atoms with Crippen molar-refractivity contribution in [1.29, 1.82) is 0 Å². The van der Waals surface area contributed by atoms with Gasteiger partial charge in [-0.05, 0) is 43.5 Å². The normalized spacial score (nSPS) is 25.0. The maximum Gasteiger partial charge on any atom is 0.339 e. The van der Waals surface area contributed by atoms with E-state index in [1.54, 1.807) is 12.3 Å². The van der Waals surface area contributed by atoms with E-state index in [-0.39, 0.29) is 18.4 Å². The fourth-order valence-corrected chi connectivity index (χ4v) is 3.29. The maximum atomic E-state index is 11.4. The molecule has 21 heavy (non-hydrogen) atoms. The van der Waals surface area contributed by atoms with Crippen molar-refractivity contribution in [2.24, 2.45) is 5.41 Å². The van der Waals surface area contributed by atoms with Crippen LogP contribution in [-0.4, -0.2) is 49.1 Å². The van der Waals surface area contributed by atoms with Crippen molar-refractivity contribution in [3.63, 3.8) is 0 Å². The number of methoxy groups -OCH3 is 1. The highest BCUT2D eigenvalue weighted by Gasteiger charge is 2.40. The van der Waals surface area contributed by atoms with Gasteiger partial charge in [0.15, 0.2) is 0 Å². The molecule has 0 radical (unpaired) electrons. The number of halogens is 1. The van der Waals surface area contributed by atoms with Crippen LogP contribution in [-0.2, 0) is 11.3 Å². The molecule has 1 N–H and O–H groups in total. The van der Waals surface area contributed by atoms with E-state index in [9.17, 15) is 4.79 Å². The molecule has 1 unspecified atom stereocenters. The van der Waals surface area contributed by atoms with Crippen LogP contribution in [0.25, 0.3) is 0 Å². The highest BCUT2D eigenvalue weighted by atomic mass is 35.5. The minimum absolute atomic E-state index is 0. The molecule has 116 valence electrons. The molecule has 0 saturated carbocycles. The number of nitrogens with one attached hydrogen (secondary N) is 1. The van der Waals surface area contributed by atoms with Crippen molar-refractivity contribution in [1.82, 2.24) is 15.2 Å². The SMILES string of the molecule is COC(=O)c1ccc(CN2CCC3(CCNC3)C2)nc1.Cl. The summed E-state index contributed by atoms with van der Waals surface area (Å²) in [6.45, 7) is 5.46. The second-order valence-corrected chi connectivity index (χ2v) is 5.92. The first-order valence-corrected chi connectivity index (χ1v) is 7.17. The number of carbonyl (C=O) groups excluding carboxylic acids is 1. The van der Waals surface area contributed by atoms with E-state index < -0.39 is 0 Å². The molecule has 0 aliphatic carbocycles. The first-order valence-electron chi connectivity index (χ1n) is 7.17. The third-order valence-corrected chi connectivity index (χ3v) is 4.48. The molecule has 1 atom stereocenters. The van der Waals surface area contributed by atoms with Gasteiger partial charge in [0, 0.05) is 25.8 Å². The van der Waals surface area contributed by atoms with E-state index in [0.717, 1.165) is 38.4 Å². The number of carbonyl (C=O) groups is 1. The molecule has 2 aliphatic rings. The van der Waals surface area contributed by atoms with Crippen molar-refractivity contribution >= 4 is 18.4 Å². The molecular formula is C15H22ClN3O2. The summed E-state index contributed by atoms with van der Waals surface area (Å²) < 4.78 is 4.68. The standard InChI is InChI=1S/C15H21N3O2.ClH/c1-20-14(19)12-2-3-13(17-8-12)9-18-7-5-15(11-18)4-6-16-10-15;/h2-3,8,16H,4-7,9-11H2,1H3;1H. The summed E-state index contributed by atoms with van der Waals surface area (Å²) in [4.78, 5) is 18.2. The summed E-state index contributed by atoms with van der Waals surface area (Å²) in [5, 5.41) is 3.47. The Morgan fingerprint density at radius 2 is 2.33 bits per heavy atom. The first kappa shape index (κ1) is 16.2. The third-order valence-electron chi connectivity index (χ3n) is 4.48. The summed E-state index contributed by atoms with van der Waals surface area (Å²) in [6, 6.07) is 3.71. The summed E-state index contributed by atoms with van der Waals surface area (Å²) in [6.07, 6.45) is 4.17. The number of esters is 1. The van der Waals surface area contributed by atoms with E-state index in [2.05, 4.69) is 19.9 Å². The van der Waals surface area contributed by atoms with Gasteiger partial charge in [-0.15, -0.1) is 12.4 Å². The lowest BCUT2D eigenvalue weighted by Crippen LogP contribution is -2.29. The van der Waals surface area contributed by atoms with Crippen LogP contribution in [0, 0.1) is 5.41 Å².